The Kier molecular flexibility index (Phi) is 8.93. The zero-order chi connectivity index (χ0) is 27.2. The van der Waals surface area contributed by atoms with E-state index >= 15 is 0 Å². The standard InChI is InChI=1S/C32H41N3O3/c1-23(2)31(36)34-20-12-8-6-7-11-19-33(22-26-13-9-10-14-29(26)34)32(37)28-21-27(38-5)17-18-30(28)35-24(3)15-16-25(35)4/h9-10,13-18,21,23H,6-8,11-12,19-20,22H2,1-5H3. The number of aryl methyl sites for hydroxylation is 2. The van der Waals surface area contributed by atoms with Crippen molar-refractivity contribution < 1.29 is 14.3 Å². The first-order valence-corrected chi connectivity index (χ1v) is 13.8. The van der Waals surface area contributed by atoms with Crippen LogP contribution in [0.2, 0.25) is 0 Å². The second-order valence-corrected chi connectivity index (χ2v) is 10.6. The van der Waals surface area contributed by atoms with Crippen LogP contribution in [0.15, 0.2) is 54.6 Å². The molecule has 0 radical (unpaired) electrons. The summed E-state index contributed by atoms with van der Waals surface area (Å²) in [6.07, 6.45) is 5.16. The van der Waals surface area contributed by atoms with E-state index in [1.54, 1.807) is 7.11 Å². The van der Waals surface area contributed by atoms with E-state index in [9.17, 15) is 9.59 Å². The van der Waals surface area contributed by atoms with E-state index in [1.165, 1.54) is 0 Å². The number of aromatic nitrogens is 1. The van der Waals surface area contributed by atoms with Gasteiger partial charge in [0.05, 0.1) is 18.4 Å². The molecule has 2 heterocycles. The number of carbonyl (C=O) groups excluding carboxylic acids is 2. The lowest BCUT2D eigenvalue weighted by Crippen LogP contribution is -2.37. The minimum Gasteiger partial charge on any atom is -0.497 e. The highest BCUT2D eigenvalue weighted by Gasteiger charge is 2.26. The molecule has 0 N–H and O–H groups in total. The Morgan fingerprint density at radius 3 is 2.16 bits per heavy atom. The van der Waals surface area contributed by atoms with Gasteiger partial charge in [-0.05, 0) is 68.7 Å². The molecule has 0 saturated heterocycles. The van der Waals surface area contributed by atoms with Crippen molar-refractivity contribution in [1.29, 1.82) is 0 Å². The van der Waals surface area contributed by atoms with Gasteiger partial charge in [0, 0.05) is 42.6 Å². The predicted molar refractivity (Wildman–Crippen MR) is 153 cm³/mol. The summed E-state index contributed by atoms with van der Waals surface area (Å²) in [5, 5.41) is 0. The van der Waals surface area contributed by atoms with Gasteiger partial charge in [-0.1, -0.05) is 51.3 Å². The highest BCUT2D eigenvalue weighted by Crippen LogP contribution is 2.29. The lowest BCUT2D eigenvalue weighted by atomic mass is 10.0. The van der Waals surface area contributed by atoms with Gasteiger partial charge in [-0.15, -0.1) is 0 Å². The molecule has 0 bridgehead atoms. The molecular formula is C32H41N3O3. The Labute approximate surface area is 227 Å². The van der Waals surface area contributed by atoms with E-state index in [-0.39, 0.29) is 17.7 Å². The molecule has 0 aliphatic carbocycles. The molecule has 1 aliphatic heterocycles. The monoisotopic (exact) mass is 515 g/mol. The fourth-order valence-electron chi connectivity index (χ4n) is 5.36. The fourth-order valence-corrected chi connectivity index (χ4v) is 5.36. The van der Waals surface area contributed by atoms with Crippen molar-refractivity contribution in [3.63, 3.8) is 0 Å². The first kappa shape index (κ1) is 27.5. The second kappa shape index (κ2) is 12.3. The number of ether oxygens (including phenoxy) is 1. The summed E-state index contributed by atoms with van der Waals surface area (Å²) >= 11 is 0. The van der Waals surface area contributed by atoms with Gasteiger partial charge in [-0.2, -0.15) is 0 Å². The van der Waals surface area contributed by atoms with Crippen LogP contribution in [-0.4, -0.2) is 41.5 Å². The van der Waals surface area contributed by atoms with Crippen LogP contribution in [0.25, 0.3) is 5.69 Å². The Morgan fingerprint density at radius 1 is 0.816 bits per heavy atom. The normalized spacial score (nSPS) is 15.0. The van der Waals surface area contributed by atoms with Crippen molar-refractivity contribution in [3.05, 3.63) is 77.1 Å². The summed E-state index contributed by atoms with van der Waals surface area (Å²) in [4.78, 5) is 31.5. The van der Waals surface area contributed by atoms with Gasteiger partial charge in [0.1, 0.15) is 5.75 Å². The van der Waals surface area contributed by atoms with Crippen molar-refractivity contribution in [2.24, 2.45) is 5.92 Å². The SMILES string of the molecule is COc1ccc(-n2c(C)ccc2C)c(C(=O)N2CCCCCCCN(C(=O)C(C)C)c3ccccc3C2)c1. The number of methoxy groups -OCH3 is 1. The minimum atomic E-state index is -0.0962. The van der Waals surface area contributed by atoms with Crippen molar-refractivity contribution in [1.82, 2.24) is 9.47 Å². The zero-order valence-corrected chi connectivity index (χ0v) is 23.5. The molecule has 4 rings (SSSR count). The largest absolute Gasteiger partial charge is 0.497 e. The summed E-state index contributed by atoms with van der Waals surface area (Å²) in [7, 11) is 1.63. The zero-order valence-electron chi connectivity index (χ0n) is 23.5. The van der Waals surface area contributed by atoms with Crippen molar-refractivity contribution >= 4 is 17.5 Å². The molecule has 202 valence electrons. The lowest BCUT2D eigenvalue weighted by Gasteiger charge is -2.31. The van der Waals surface area contributed by atoms with Crippen molar-refractivity contribution in [2.75, 3.05) is 25.1 Å². The number of anilines is 1. The van der Waals surface area contributed by atoms with Gasteiger partial charge < -0.3 is 19.1 Å². The van der Waals surface area contributed by atoms with Gasteiger partial charge in [0.15, 0.2) is 0 Å². The number of carbonyl (C=O) groups is 2. The Morgan fingerprint density at radius 2 is 1.47 bits per heavy atom. The van der Waals surface area contributed by atoms with Crippen molar-refractivity contribution in [3.8, 4) is 11.4 Å². The quantitative estimate of drug-likeness (QED) is 0.389. The molecule has 6 nitrogen and oxygen atoms in total. The van der Waals surface area contributed by atoms with Crippen LogP contribution in [0.3, 0.4) is 0 Å². The van der Waals surface area contributed by atoms with Crippen LogP contribution in [0.1, 0.15) is 73.3 Å². The van der Waals surface area contributed by atoms with Gasteiger partial charge in [-0.25, -0.2) is 0 Å². The van der Waals surface area contributed by atoms with Gasteiger partial charge in [0.2, 0.25) is 5.91 Å². The number of amides is 2. The molecule has 1 aliphatic rings. The Bertz CT molecular complexity index is 1260. The summed E-state index contributed by atoms with van der Waals surface area (Å²) < 4.78 is 7.66. The summed E-state index contributed by atoms with van der Waals surface area (Å²) in [5.74, 6) is 0.658. The third kappa shape index (κ3) is 5.95. The topological polar surface area (TPSA) is 54.8 Å². The third-order valence-electron chi connectivity index (χ3n) is 7.45. The number of hydrogen-bond acceptors (Lipinski definition) is 3. The lowest BCUT2D eigenvalue weighted by molar-refractivity contribution is -0.121. The van der Waals surface area contributed by atoms with Crippen LogP contribution < -0.4 is 9.64 Å². The number of nitrogens with zero attached hydrogens (tertiary/aromatic N) is 3. The summed E-state index contributed by atoms with van der Waals surface area (Å²) in [6.45, 7) is 9.81. The fraction of sp³-hybridized carbons (Fsp3) is 0.438. The smallest absolute Gasteiger partial charge is 0.256 e. The molecule has 0 unspecified atom stereocenters. The van der Waals surface area contributed by atoms with Crippen LogP contribution >= 0.6 is 0 Å². The summed E-state index contributed by atoms with van der Waals surface area (Å²) in [6, 6.07) is 17.9. The highest BCUT2D eigenvalue weighted by molar-refractivity contribution is 5.99. The number of fused-ring (bicyclic) bond motifs is 1. The van der Waals surface area contributed by atoms with Gasteiger partial charge in [0.25, 0.3) is 5.91 Å². The van der Waals surface area contributed by atoms with Gasteiger partial charge >= 0.3 is 0 Å². The third-order valence-corrected chi connectivity index (χ3v) is 7.45. The van der Waals surface area contributed by atoms with E-state index < -0.39 is 0 Å². The Balaban J connectivity index is 1.78. The maximum atomic E-state index is 14.3. The van der Waals surface area contributed by atoms with Crippen molar-refractivity contribution in [2.45, 2.75) is 66.3 Å². The number of rotatable bonds is 4. The Hall–Kier alpha value is -3.54. The molecule has 0 atom stereocenters. The highest BCUT2D eigenvalue weighted by atomic mass is 16.5. The van der Waals surface area contributed by atoms with E-state index in [1.807, 2.05) is 60.0 Å². The van der Waals surface area contributed by atoms with Gasteiger partial charge in [-0.3, -0.25) is 9.59 Å². The number of para-hydroxylation sites is 1. The molecule has 3 aromatic rings. The maximum Gasteiger partial charge on any atom is 0.256 e. The van der Waals surface area contributed by atoms with E-state index in [2.05, 4.69) is 36.6 Å². The molecule has 1 aromatic heterocycles. The molecule has 38 heavy (non-hydrogen) atoms. The molecular weight excluding hydrogens is 474 g/mol. The molecule has 0 saturated carbocycles. The van der Waals surface area contributed by atoms with E-state index in [0.29, 0.717) is 30.9 Å². The molecule has 0 spiro atoms. The first-order chi connectivity index (χ1) is 18.3. The first-order valence-electron chi connectivity index (χ1n) is 13.8. The van der Waals surface area contributed by atoms with E-state index in [4.69, 9.17) is 4.74 Å². The van der Waals surface area contributed by atoms with Crippen LogP contribution in [0.4, 0.5) is 5.69 Å². The number of benzene rings is 2. The van der Waals surface area contributed by atoms with E-state index in [0.717, 1.165) is 60.4 Å². The molecule has 6 heteroatoms. The van der Waals surface area contributed by atoms with Crippen LogP contribution in [0, 0.1) is 19.8 Å². The summed E-state index contributed by atoms with van der Waals surface area (Å²) in [5.41, 5.74) is 5.52. The number of hydrogen-bond donors (Lipinski definition) is 0. The maximum absolute atomic E-state index is 14.3. The molecule has 2 aromatic carbocycles. The molecule has 0 fully saturated rings. The average molecular weight is 516 g/mol. The van der Waals surface area contributed by atoms with Crippen LogP contribution in [-0.2, 0) is 11.3 Å². The molecule has 2 amide bonds. The second-order valence-electron chi connectivity index (χ2n) is 10.6. The average Bonchev–Trinajstić information content (AvgIpc) is 3.25. The van der Waals surface area contributed by atoms with Crippen LogP contribution in [0.5, 0.6) is 5.75 Å². The predicted octanol–water partition coefficient (Wildman–Crippen LogP) is 6.70. The minimum absolute atomic E-state index is 0.0278.